The Balaban J connectivity index is 1.38. The molecule has 0 aliphatic rings. The highest BCUT2D eigenvalue weighted by atomic mass is 35.5. The summed E-state index contributed by atoms with van der Waals surface area (Å²) in [5.41, 5.74) is 1.36. The van der Waals surface area contributed by atoms with Crippen LogP contribution in [0.3, 0.4) is 0 Å². The number of oxazole rings is 1. The standard InChI is InChI=1S/C21H20ClN3O3/c22-17-9-5-4-8-16(17)18-14-25-20(28-18)11-10-19(26)23-12-13-24-21(27)15-6-2-1-3-7-15/h1-9,14H,10-13H2,(H,23,26)(H,24,27). The fraction of sp³-hybridized carbons (Fsp3) is 0.190. The van der Waals surface area contributed by atoms with E-state index in [1.165, 1.54) is 0 Å². The molecule has 0 fully saturated rings. The van der Waals surface area contributed by atoms with Crippen molar-refractivity contribution in [1.82, 2.24) is 15.6 Å². The minimum absolute atomic E-state index is 0.133. The molecule has 0 saturated carbocycles. The summed E-state index contributed by atoms with van der Waals surface area (Å²) in [6, 6.07) is 16.3. The minimum Gasteiger partial charge on any atom is -0.441 e. The number of hydrogen-bond donors (Lipinski definition) is 2. The number of carbonyl (C=O) groups excluding carboxylic acids is 2. The molecule has 2 amide bonds. The molecule has 0 aliphatic carbocycles. The van der Waals surface area contributed by atoms with Crippen LogP contribution in [-0.4, -0.2) is 29.9 Å². The van der Waals surface area contributed by atoms with Crippen LogP contribution in [-0.2, 0) is 11.2 Å². The molecule has 1 aromatic heterocycles. The third-order valence-electron chi connectivity index (χ3n) is 4.03. The molecule has 2 N–H and O–H groups in total. The Hall–Kier alpha value is -3.12. The van der Waals surface area contributed by atoms with Crippen molar-refractivity contribution in [2.24, 2.45) is 0 Å². The van der Waals surface area contributed by atoms with E-state index in [0.29, 0.717) is 41.7 Å². The van der Waals surface area contributed by atoms with Gasteiger partial charge in [-0.2, -0.15) is 0 Å². The van der Waals surface area contributed by atoms with Crippen LogP contribution in [0.2, 0.25) is 5.02 Å². The van der Waals surface area contributed by atoms with E-state index >= 15 is 0 Å². The Bertz CT molecular complexity index is 941. The second-order valence-electron chi connectivity index (χ2n) is 6.07. The fourth-order valence-electron chi connectivity index (χ4n) is 2.59. The minimum atomic E-state index is -0.165. The zero-order valence-electron chi connectivity index (χ0n) is 15.2. The first kappa shape index (κ1) is 19.6. The third-order valence-corrected chi connectivity index (χ3v) is 4.36. The number of amides is 2. The Kier molecular flexibility index (Phi) is 6.81. The van der Waals surface area contributed by atoms with Crippen LogP contribution in [0.25, 0.3) is 11.3 Å². The van der Waals surface area contributed by atoms with Gasteiger partial charge in [-0.25, -0.2) is 4.98 Å². The number of carbonyl (C=O) groups is 2. The van der Waals surface area contributed by atoms with Gasteiger partial charge in [0.2, 0.25) is 5.91 Å². The molecule has 1 heterocycles. The van der Waals surface area contributed by atoms with Gasteiger partial charge in [0.25, 0.3) is 5.91 Å². The van der Waals surface area contributed by atoms with Gasteiger partial charge >= 0.3 is 0 Å². The van der Waals surface area contributed by atoms with Crippen molar-refractivity contribution in [2.45, 2.75) is 12.8 Å². The van der Waals surface area contributed by atoms with Crippen molar-refractivity contribution in [3.05, 3.63) is 77.3 Å². The lowest BCUT2D eigenvalue weighted by Gasteiger charge is -2.06. The van der Waals surface area contributed by atoms with Crippen LogP contribution >= 0.6 is 11.6 Å². The van der Waals surface area contributed by atoms with Crippen LogP contribution in [0.5, 0.6) is 0 Å². The Labute approximate surface area is 167 Å². The highest BCUT2D eigenvalue weighted by molar-refractivity contribution is 6.33. The topological polar surface area (TPSA) is 84.2 Å². The largest absolute Gasteiger partial charge is 0.441 e. The number of hydrogen-bond acceptors (Lipinski definition) is 4. The first-order valence-electron chi connectivity index (χ1n) is 8.93. The van der Waals surface area contributed by atoms with Crippen molar-refractivity contribution in [3.8, 4) is 11.3 Å². The monoisotopic (exact) mass is 397 g/mol. The quantitative estimate of drug-likeness (QED) is 0.570. The van der Waals surface area contributed by atoms with Crippen LogP contribution in [0, 0.1) is 0 Å². The van der Waals surface area contributed by atoms with E-state index in [4.69, 9.17) is 16.0 Å². The fourth-order valence-corrected chi connectivity index (χ4v) is 2.82. The molecule has 0 unspecified atom stereocenters. The summed E-state index contributed by atoms with van der Waals surface area (Å²) in [4.78, 5) is 28.0. The van der Waals surface area contributed by atoms with E-state index in [0.717, 1.165) is 5.56 Å². The average Bonchev–Trinajstić information content (AvgIpc) is 3.19. The molecule has 0 spiro atoms. The first-order chi connectivity index (χ1) is 13.6. The molecule has 0 radical (unpaired) electrons. The summed E-state index contributed by atoms with van der Waals surface area (Å²) in [5.74, 6) is 0.750. The lowest BCUT2D eigenvalue weighted by molar-refractivity contribution is -0.121. The van der Waals surface area contributed by atoms with Gasteiger partial charge in [0.05, 0.1) is 11.2 Å². The van der Waals surface area contributed by atoms with Crippen LogP contribution < -0.4 is 10.6 Å². The SMILES string of the molecule is O=C(CCc1ncc(-c2ccccc2Cl)o1)NCCNC(=O)c1ccccc1. The third kappa shape index (κ3) is 5.44. The van der Waals surface area contributed by atoms with Gasteiger partial charge < -0.3 is 15.1 Å². The van der Waals surface area contributed by atoms with Crippen LogP contribution in [0.4, 0.5) is 0 Å². The Morgan fingerprint density at radius 3 is 2.46 bits per heavy atom. The molecule has 0 atom stereocenters. The zero-order valence-corrected chi connectivity index (χ0v) is 15.9. The van der Waals surface area contributed by atoms with Crippen molar-refractivity contribution >= 4 is 23.4 Å². The maximum atomic E-state index is 11.9. The van der Waals surface area contributed by atoms with E-state index in [1.54, 1.807) is 36.5 Å². The summed E-state index contributed by atoms with van der Waals surface area (Å²) in [6.45, 7) is 0.711. The molecule has 0 aliphatic heterocycles. The van der Waals surface area contributed by atoms with E-state index < -0.39 is 0 Å². The predicted molar refractivity (Wildman–Crippen MR) is 107 cm³/mol. The molecule has 6 nitrogen and oxygen atoms in total. The summed E-state index contributed by atoms with van der Waals surface area (Å²) < 4.78 is 5.67. The van der Waals surface area contributed by atoms with E-state index in [-0.39, 0.29) is 18.2 Å². The summed E-state index contributed by atoms with van der Waals surface area (Å²) in [6.07, 6.45) is 2.23. The van der Waals surface area contributed by atoms with Gasteiger partial charge in [0, 0.05) is 37.1 Å². The number of aromatic nitrogens is 1. The van der Waals surface area contributed by atoms with Crippen LogP contribution in [0.15, 0.2) is 65.2 Å². The molecule has 28 heavy (non-hydrogen) atoms. The van der Waals surface area contributed by atoms with Gasteiger partial charge in [0.15, 0.2) is 11.7 Å². The second kappa shape index (κ2) is 9.71. The highest BCUT2D eigenvalue weighted by Crippen LogP contribution is 2.28. The van der Waals surface area contributed by atoms with Gasteiger partial charge in [0.1, 0.15) is 0 Å². The highest BCUT2D eigenvalue weighted by Gasteiger charge is 2.11. The number of aryl methyl sites for hydroxylation is 1. The normalized spacial score (nSPS) is 10.5. The van der Waals surface area contributed by atoms with Gasteiger partial charge in [-0.3, -0.25) is 9.59 Å². The smallest absolute Gasteiger partial charge is 0.251 e. The van der Waals surface area contributed by atoms with Gasteiger partial charge in [-0.15, -0.1) is 0 Å². The lowest BCUT2D eigenvalue weighted by Crippen LogP contribution is -2.34. The molecular weight excluding hydrogens is 378 g/mol. The van der Waals surface area contributed by atoms with Crippen molar-refractivity contribution in [1.29, 1.82) is 0 Å². The molecule has 0 saturated heterocycles. The zero-order chi connectivity index (χ0) is 19.8. The molecule has 3 rings (SSSR count). The number of nitrogens with one attached hydrogen (secondary N) is 2. The summed E-state index contributed by atoms with van der Waals surface area (Å²) in [7, 11) is 0. The number of benzene rings is 2. The predicted octanol–water partition coefficient (Wildman–Crippen LogP) is 3.47. The summed E-state index contributed by atoms with van der Waals surface area (Å²) in [5, 5.41) is 6.10. The van der Waals surface area contributed by atoms with Gasteiger partial charge in [-0.1, -0.05) is 41.9 Å². The maximum Gasteiger partial charge on any atom is 0.251 e. The molecule has 144 valence electrons. The maximum absolute atomic E-state index is 11.9. The average molecular weight is 398 g/mol. The van der Waals surface area contributed by atoms with E-state index in [9.17, 15) is 9.59 Å². The first-order valence-corrected chi connectivity index (χ1v) is 9.31. The van der Waals surface area contributed by atoms with E-state index in [2.05, 4.69) is 15.6 Å². The second-order valence-corrected chi connectivity index (χ2v) is 6.48. The lowest BCUT2D eigenvalue weighted by atomic mass is 10.2. The number of halogens is 1. The molecule has 2 aromatic carbocycles. The Morgan fingerprint density at radius 1 is 0.964 bits per heavy atom. The number of nitrogens with zero attached hydrogens (tertiary/aromatic N) is 1. The molecule has 3 aromatic rings. The van der Waals surface area contributed by atoms with Crippen LogP contribution in [0.1, 0.15) is 22.7 Å². The molecular formula is C21H20ClN3O3. The van der Waals surface area contributed by atoms with E-state index in [1.807, 2.05) is 24.3 Å². The Morgan fingerprint density at radius 2 is 1.68 bits per heavy atom. The van der Waals surface area contributed by atoms with Crippen molar-refractivity contribution in [2.75, 3.05) is 13.1 Å². The van der Waals surface area contributed by atoms with Crippen molar-refractivity contribution in [3.63, 3.8) is 0 Å². The molecule has 7 heteroatoms. The number of rotatable bonds is 8. The summed E-state index contributed by atoms with van der Waals surface area (Å²) >= 11 is 6.15. The molecule has 0 bridgehead atoms. The van der Waals surface area contributed by atoms with Gasteiger partial charge in [-0.05, 0) is 24.3 Å². The van der Waals surface area contributed by atoms with Crippen molar-refractivity contribution < 1.29 is 14.0 Å².